The molecule has 2 N–H and O–H groups in total. The van der Waals surface area contributed by atoms with E-state index in [1.165, 1.54) is 5.56 Å². The van der Waals surface area contributed by atoms with Crippen molar-refractivity contribution in [3.8, 4) is 5.75 Å². The first-order chi connectivity index (χ1) is 8.30. The Kier molecular flexibility index (Phi) is 5.17. The zero-order valence-electron chi connectivity index (χ0n) is 12.2. The fourth-order valence-electron chi connectivity index (χ4n) is 2.22. The normalized spacial score (nSPS) is 13.9. The zero-order valence-corrected chi connectivity index (χ0v) is 12.2. The van der Waals surface area contributed by atoms with Crippen molar-refractivity contribution in [2.75, 3.05) is 27.2 Å². The van der Waals surface area contributed by atoms with Crippen molar-refractivity contribution in [1.29, 1.82) is 0 Å². The first-order valence-corrected chi connectivity index (χ1v) is 6.47. The molecule has 3 heteroatoms. The Balaban J connectivity index is 2.50. The molecule has 0 bridgehead atoms. The first-order valence-electron chi connectivity index (χ1n) is 6.47. The molecular weight excluding hydrogens is 224 g/mol. The molecule has 3 nitrogen and oxygen atoms in total. The largest absolute Gasteiger partial charge is 0.508 e. The van der Waals surface area contributed by atoms with Crippen molar-refractivity contribution in [3.05, 3.63) is 29.8 Å². The van der Waals surface area contributed by atoms with Gasteiger partial charge in [-0.15, -0.1) is 0 Å². The molecule has 0 heterocycles. The van der Waals surface area contributed by atoms with E-state index >= 15 is 0 Å². The maximum absolute atomic E-state index is 9.27. The first kappa shape index (κ1) is 15.0. The van der Waals surface area contributed by atoms with Gasteiger partial charge < -0.3 is 15.3 Å². The van der Waals surface area contributed by atoms with Crippen LogP contribution >= 0.6 is 0 Å². The number of benzene rings is 1. The molecule has 1 aromatic rings. The van der Waals surface area contributed by atoms with Gasteiger partial charge in [0.2, 0.25) is 0 Å². The summed E-state index contributed by atoms with van der Waals surface area (Å²) in [5.74, 6) is 0.318. The van der Waals surface area contributed by atoms with Crippen LogP contribution in [0.15, 0.2) is 24.3 Å². The lowest BCUT2D eigenvalue weighted by Gasteiger charge is -2.30. The molecule has 0 aromatic heterocycles. The van der Waals surface area contributed by atoms with Gasteiger partial charge in [0.25, 0.3) is 0 Å². The summed E-state index contributed by atoms with van der Waals surface area (Å²) in [5.41, 5.74) is 1.45. The van der Waals surface area contributed by atoms with E-state index in [-0.39, 0.29) is 5.41 Å². The minimum absolute atomic E-state index is 0.245. The monoisotopic (exact) mass is 250 g/mol. The summed E-state index contributed by atoms with van der Waals surface area (Å²) >= 11 is 0. The van der Waals surface area contributed by atoms with E-state index < -0.39 is 0 Å². The predicted octanol–water partition coefficient (Wildman–Crippen LogP) is 2.63. The lowest BCUT2D eigenvalue weighted by atomic mass is 9.92. The average Bonchev–Trinajstić information content (AvgIpc) is 2.25. The zero-order chi connectivity index (χ0) is 13.8. The summed E-state index contributed by atoms with van der Waals surface area (Å²) in [5, 5.41) is 12.8. The van der Waals surface area contributed by atoms with Gasteiger partial charge in [-0.1, -0.05) is 26.0 Å². The van der Waals surface area contributed by atoms with Gasteiger partial charge in [0, 0.05) is 19.1 Å². The third kappa shape index (κ3) is 5.07. The Morgan fingerprint density at radius 2 is 1.78 bits per heavy atom. The second kappa shape index (κ2) is 6.21. The molecule has 0 spiro atoms. The van der Waals surface area contributed by atoms with Gasteiger partial charge in [0.05, 0.1) is 0 Å². The molecule has 0 aliphatic carbocycles. The topological polar surface area (TPSA) is 35.5 Å². The summed E-state index contributed by atoms with van der Waals surface area (Å²) in [6.07, 6.45) is 0. The minimum Gasteiger partial charge on any atom is -0.508 e. The maximum Gasteiger partial charge on any atom is 0.115 e. The highest BCUT2D eigenvalue weighted by Gasteiger charge is 2.19. The Morgan fingerprint density at radius 1 is 1.22 bits per heavy atom. The van der Waals surface area contributed by atoms with Crippen LogP contribution in [-0.4, -0.2) is 37.2 Å². The van der Waals surface area contributed by atoms with Crippen molar-refractivity contribution in [3.63, 3.8) is 0 Å². The van der Waals surface area contributed by atoms with Crippen molar-refractivity contribution < 1.29 is 5.11 Å². The number of phenolic OH excluding ortho intramolecular Hbond substituents is 1. The third-order valence-corrected chi connectivity index (χ3v) is 3.02. The van der Waals surface area contributed by atoms with E-state index in [2.05, 4.69) is 45.1 Å². The highest BCUT2D eigenvalue weighted by Crippen LogP contribution is 2.19. The van der Waals surface area contributed by atoms with E-state index in [1.807, 2.05) is 12.1 Å². The molecule has 0 saturated carbocycles. The second-order valence-corrected chi connectivity index (χ2v) is 6.10. The SMILES string of the molecule is CC(NCC(C)(C)CN(C)C)c1ccc(O)cc1. The van der Waals surface area contributed by atoms with E-state index in [0.29, 0.717) is 11.8 Å². The number of hydrogen-bond donors (Lipinski definition) is 2. The predicted molar refractivity (Wildman–Crippen MR) is 76.9 cm³/mol. The molecule has 0 aliphatic rings. The summed E-state index contributed by atoms with van der Waals surface area (Å²) in [7, 11) is 4.20. The molecule has 0 fully saturated rings. The van der Waals surface area contributed by atoms with Crippen molar-refractivity contribution in [2.24, 2.45) is 5.41 Å². The summed E-state index contributed by atoms with van der Waals surface area (Å²) in [4.78, 5) is 2.22. The van der Waals surface area contributed by atoms with Gasteiger partial charge >= 0.3 is 0 Å². The van der Waals surface area contributed by atoms with Crippen molar-refractivity contribution >= 4 is 0 Å². The van der Waals surface area contributed by atoms with Gasteiger partial charge in [-0.2, -0.15) is 0 Å². The number of phenols is 1. The summed E-state index contributed by atoms with van der Waals surface area (Å²) in [6, 6.07) is 7.70. The molecule has 1 aromatic carbocycles. The van der Waals surface area contributed by atoms with Crippen molar-refractivity contribution in [2.45, 2.75) is 26.8 Å². The molecule has 1 atom stereocenters. The Bertz CT molecular complexity index is 357. The number of nitrogens with one attached hydrogen (secondary N) is 1. The fraction of sp³-hybridized carbons (Fsp3) is 0.600. The highest BCUT2D eigenvalue weighted by molar-refractivity contribution is 5.27. The van der Waals surface area contributed by atoms with Crippen LogP contribution in [0, 0.1) is 5.41 Å². The average molecular weight is 250 g/mol. The van der Waals surface area contributed by atoms with Crippen LogP contribution in [0.4, 0.5) is 0 Å². The molecule has 18 heavy (non-hydrogen) atoms. The minimum atomic E-state index is 0.245. The second-order valence-electron chi connectivity index (χ2n) is 6.10. The summed E-state index contributed by atoms with van der Waals surface area (Å²) in [6.45, 7) is 8.71. The van der Waals surface area contributed by atoms with Crippen LogP contribution in [0.25, 0.3) is 0 Å². The molecule has 0 aliphatic heterocycles. The van der Waals surface area contributed by atoms with E-state index in [9.17, 15) is 5.11 Å². The third-order valence-electron chi connectivity index (χ3n) is 3.02. The van der Waals surface area contributed by atoms with Gasteiger partial charge in [-0.25, -0.2) is 0 Å². The van der Waals surface area contributed by atoms with E-state index in [0.717, 1.165) is 13.1 Å². The van der Waals surface area contributed by atoms with Crippen LogP contribution in [0.3, 0.4) is 0 Å². The fourth-order valence-corrected chi connectivity index (χ4v) is 2.22. The number of rotatable bonds is 6. The molecule has 1 rings (SSSR count). The number of aromatic hydroxyl groups is 1. The van der Waals surface area contributed by atoms with Gasteiger partial charge in [-0.05, 0) is 44.1 Å². The molecule has 1 unspecified atom stereocenters. The Morgan fingerprint density at radius 3 is 2.28 bits per heavy atom. The number of hydrogen-bond acceptors (Lipinski definition) is 3. The van der Waals surface area contributed by atoms with Gasteiger partial charge in [0.1, 0.15) is 5.75 Å². The smallest absolute Gasteiger partial charge is 0.115 e. The molecule has 0 radical (unpaired) electrons. The summed E-state index contributed by atoms with van der Waals surface area (Å²) < 4.78 is 0. The molecule has 0 saturated heterocycles. The molecular formula is C15H26N2O. The Labute approximate surface area is 111 Å². The molecule has 102 valence electrons. The number of nitrogens with zero attached hydrogens (tertiary/aromatic N) is 1. The van der Waals surface area contributed by atoms with Crippen LogP contribution < -0.4 is 5.32 Å². The highest BCUT2D eigenvalue weighted by atomic mass is 16.3. The van der Waals surface area contributed by atoms with Crippen LogP contribution in [0.2, 0.25) is 0 Å². The van der Waals surface area contributed by atoms with Crippen LogP contribution in [0.1, 0.15) is 32.4 Å². The molecule has 0 amide bonds. The van der Waals surface area contributed by atoms with Crippen molar-refractivity contribution in [1.82, 2.24) is 10.2 Å². The quantitative estimate of drug-likeness (QED) is 0.814. The van der Waals surface area contributed by atoms with Crippen LogP contribution in [0.5, 0.6) is 5.75 Å². The maximum atomic E-state index is 9.27. The lowest BCUT2D eigenvalue weighted by molar-refractivity contribution is 0.227. The lowest BCUT2D eigenvalue weighted by Crippen LogP contribution is -2.38. The van der Waals surface area contributed by atoms with E-state index in [4.69, 9.17) is 0 Å². The van der Waals surface area contributed by atoms with Gasteiger partial charge in [-0.3, -0.25) is 0 Å². The van der Waals surface area contributed by atoms with Crippen LogP contribution in [-0.2, 0) is 0 Å². The van der Waals surface area contributed by atoms with Gasteiger partial charge in [0.15, 0.2) is 0 Å². The Hall–Kier alpha value is -1.06. The van der Waals surface area contributed by atoms with E-state index in [1.54, 1.807) is 12.1 Å². The standard InChI is InChI=1S/C15H26N2O/c1-12(13-6-8-14(18)9-7-13)16-10-15(2,3)11-17(4)5/h6-9,12,16,18H,10-11H2,1-5H3.